The van der Waals surface area contributed by atoms with Crippen LogP contribution in [0.5, 0.6) is 17.2 Å². The summed E-state index contributed by atoms with van der Waals surface area (Å²) < 4.78 is 19.0. The van der Waals surface area contributed by atoms with Gasteiger partial charge in [-0.25, -0.2) is 4.79 Å². The number of ether oxygens (including phenoxy) is 3. The Morgan fingerprint density at radius 1 is 0.928 bits per heavy atom. The zero-order valence-electron chi connectivity index (χ0n) is 42.3. The molecule has 6 aliphatic heterocycles. The van der Waals surface area contributed by atoms with Gasteiger partial charge < -0.3 is 44.6 Å². The highest BCUT2D eigenvalue weighted by Gasteiger charge is 2.50. The first-order valence-corrected chi connectivity index (χ1v) is 25.7. The van der Waals surface area contributed by atoms with Crippen LogP contribution in [0.4, 0.5) is 10.5 Å². The summed E-state index contributed by atoms with van der Waals surface area (Å²) in [5.74, 6) is -3.93. The summed E-state index contributed by atoms with van der Waals surface area (Å²) in [4.78, 5) is 60.0. The third-order valence-electron chi connectivity index (χ3n) is 15.8. The molecule has 3 fully saturated rings. The number of allylic oxidation sites excluding steroid dienone is 4. The maximum atomic E-state index is 14.8. The van der Waals surface area contributed by atoms with Crippen LogP contribution < -0.4 is 20.8 Å². The standard InChI is InChI=1S/C54H76N6O9/c1-31(2)30-58-22-20-54(21-23-58)56-42-39-40-46(62)37(8)49-41(39)50(64)53(9,69-49)67-28-14-17-33(4)48(68-52(66)60-26-24-59(25-27-60)38-18-11-10-12-19-38)36(7)45(61)35(6)29-32(3)15-13-16-34(5)51(65)55-44(47(40)63)43(42)57-54/h13-16,28,31-33,35-36,38,45,48,61-63H,10-12,17-27,29-30H2,1-9H3,(H,55,65)/b15-13+,28-14+,34-16-/t32-,33+,35+,36+,45?,48?,53?/m0/s1. The lowest BCUT2D eigenvalue weighted by molar-refractivity contribution is -0.112. The zero-order chi connectivity index (χ0) is 49.5. The average Bonchev–Trinajstić information content (AvgIpc) is 3.83. The fourth-order valence-electron chi connectivity index (χ4n) is 11.7. The number of carbonyl (C=O) groups is 3. The molecule has 15 nitrogen and oxygen atoms in total. The van der Waals surface area contributed by atoms with E-state index in [9.17, 15) is 29.7 Å². The summed E-state index contributed by atoms with van der Waals surface area (Å²) in [7, 11) is 0. The van der Waals surface area contributed by atoms with Gasteiger partial charge in [0.1, 0.15) is 28.6 Å². The van der Waals surface area contributed by atoms with Crippen molar-refractivity contribution in [3.8, 4) is 17.2 Å². The molecule has 0 aromatic heterocycles. The maximum absolute atomic E-state index is 14.8. The van der Waals surface area contributed by atoms with Crippen LogP contribution in [0.3, 0.4) is 0 Å². The number of phenols is 2. The van der Waals surface area contributed by atoms with Gasteiger partial charge in [-0.05, 0) is 69.3 Å². The molecule has 9 rings (SSSR count). The number of hydrogen-bond donors (Lipinski definition) is 4. The molecule has 1 spiro atoms. The second-order valence-corrected chi connectivity index (χ2v) is 21.7. The number of aliphatic hydroxyl groups excluding tert-OH is 1. The van der Waals surface area contributed by atoms with Crippen molar-refractivity contribution in [2.45, 2.75) is 150 Å². The van der Waals surface area contributed by atoms with E-state index in [1.807, 2.05) is 32.9 Å². The van der Waals surface area contributed by atoms with E-state index in [0.29, 0.717) is 56.3 Å². The molecule has 5 bridgehead atoms. The number of likely N-dealkylation sites (tertiary alicyclic amines) is 1. The van der Waals surface area contributed by atoms with Gasteiger partial charge in [0.15, 0.2) is 11.4 Å². The average molecular weight is 953 g/mol. The molecule has 1 saturated carbocycles. The number of anilines is 1. The number of benzene rings is 2. The Hall–Kier alpha value is -4.99. The summed E-state index contributed by atoms with van der Waals surface area (Å²) in [6, 6.07) is 0.578. The lowest BCUT2D eigenvalue weighted by Gasteiger charge is -2.41. The van der Waals surface area contributed by atoms with Gasteiger partial charge in [-0.1, -0.05) is 79.0 Å². The van der Waals surface area contributed by atoms with E-state index in [1.54, 1.807) is 30.9 Å². The van der Waals surface area contributed by atoms with E-state index in [-0.39, 0.29) is 73.6 Å². The van der Waals surface area contributed by atoms with Crippen molar-refractivity contribution in [3.05, 3.63) is 58.0 Å². The molecule has 69 heavy (non-hydrogen) atoms. The number of aliphatic hydroxyl groups is 1. The van der Waals surface area contributed by atoms with Crippen LogP contribution in [0.1, 0.15) is 129 Å². The van der Waals surface area contributed by atoms with Gasteiger partial charge in [0.25, 0.3) is 11.7 Å². The molecule has 3 unspecified atom stereocenters. The van der Waals surface area contributed by atoms with Gasteiger partial charge >= 0.3 is 11.9 Å². The number of carbonyl (C=O) groups excluding carboxylic acids is 3. The van der Waals surface area contributed by atoms with Crippen molar-refractivity contribution >= 4 is 34.2 Å². The maximum Gasteiger partial charge on any atom is 0.410 e. The molecule has 7 aliphatic rings. The second kappa shape index (κ2) is 20.4. The van der Waals surface area contributed by atoms with E-state index in [0.717, 1.165) is 32.7 Å². The van der Waals surface area contributed by atoms with Crippen LogP contribution in [0, 0.1) is 36.5 Å². The van der Waals surface area contributed by atoms with Crippen LogP contribution in [-0.4, -0.2) is 123 Å². The summed E-state index contributed by atoms with van der Waals surface area (Å²) in [5.41, 5.74) is -0.269. The highest BCUT2D eigenvalue weighted by Crippen LogP contribution is 2.50. The minimum atomic E-state index is -1.87. The Kier molecular flexibility index (Phi) is 14.9. The molecule has 2 aromatic rings. The molecule has 0 radical (unpaired) electrons. The number of rotatable bonds is 4. The number of ketones is 1. The van der Waals surface area contributed by atoms with E-state index < -0.39 is 47.0 Å². The number of Topliss-reactive ketones (excluding diaryl/α,β-unsaturated/α-hetero) is 1. The number of piperidine rings is 1. The molecule has 2 aromatic carbocycles. The van der Waals surface area contributed by atoms with Crippen LogP contribution >= 0.6 is 0 Å². The number of amides is 2. The summed E-state index contributed by atoms with van der Waals surface area (Å²) in [6.45, 7) is 22.3. The number of fused-ring (bicyclic) bond motifs is 13. The Morgan fingerprint density at radius 3 is 2.29 bits per heavy atom. The molecular formula is C54H76N6O9. The third kappa shape index (κ3) is 10.2. The molecule has 4 N–H and O–H groups in total. The number of nitrogens with one attached hydrogen (secondary N) is 1. The Balaban J connectivity index is 1.14. The second-order valence-electron chi connectivity index (χ2n) is 21.7. The molecule has 6 heterocycles. The van der Waals surface area contributed by atoms with Gasteiger partial charge in [-0.2, -0.15) is 0 Å². The zero-order valence-corrected chi connectivity index (χ0v) is 42.3. The normalized spacial score (nSPS) is 31.3. The molecule has 2 amide bonds. The SMILES string of the molecule is C/C1=C/C=C/[C@H](C)C[C@@H](C)C(O)[C@@H](C)C(OC(=O)N2CCN(C3CCCCC3)CC2)[C@H](C)C/C=C/OC2(C)Oc3c(C)c(O)c4c(O)c(c5c(c4c3C2=O)=NC2(CCN(CC(C)C)CC2)N=5)NC1=O. The minimum Gasteiger partial charge on any atom is -0.507 e. The van der Waals surface area contributed by atoms with E-state index >= 15 is 0 Å². The van der Waals surface area contributed by atoms with Crippen molar-refractivity contribution in [3.63, 3.8) is 0 Å². The molecular weight excluding hydrogens is 877 g/mol. The number of aromatic hydroxyl groups is 2. The fourth-order valence-corrected chi connectivity index (χ4v) is 11.7. The van der Waals surface area contributed by atoms with Gasteiger partial charge in [-0.3, -0.25) is 24.5 Å². The monoisotopic (exact) mass is 953 g/mol. The smallest absolute Gasteiger partial charge is 0.410 e. The lowest BCUT2D eigenvalue weighted by atomic mass is 9.80. The largest absolute Gasteiger partial charge is 0.507 e. The quantitative estimate of drug-likeness (QED) is 0.221. The van der Waals surface area contributed by atoms with Crippen molar-refractivity contribution in [2.75, 3.05) is 51.1 Å². The van der Waals surface area contributed by atoms with E-state index in [4.69, 9.17) is 24.2 Å². The van der Waals surface area contributed by atoms with E-state index in [1.165, 1.54) is 45.3 Å². The highest BCUT2D eigenvalue weighted by atomic mass is 16.7. The van der Waals surface area contributed by atoms with Crippen LogP contribution in [0.15, 0.2) is 46.1 Å². The minimum absolute atomic E-state index is 0.00233. The number of phenolic OH excluding ortho intramolecular Hbond substituents is 2. The van der Waals surface area contributed by atoms with Gasteiger partial charge in [0.2, 0.25) is 0 Å². The third-order valence-corrected chi connectivity index (χ3v) is 15.8. The number of nitrogens with zero attached hydrogens (tertiary/aromatic N) is 5. The molecule has 15 heteroatoms. The number of piperazine rings is 1. The fraction of sp³-hybridized carbons (Fsp3) is 0.648. The Bertz CT molecular complexity index is 2520. The Morgan fingerprint density at radius 2 is 1.61 bits per heavy atom. The first kappa shape index (κ1) is 50.4. The van der Waals surface area contributed by atoms with Crippen molar-refractivity contribution in [2.24, 2.45) is 39.6 Å². The molecule has 1 aliphatic carbocycles. The highest BCUT2D eigenvalue weighted by molar-refractivity contribution is 6.19. The number of hydrogen-bond acceptors (Lipinski definition) is 13. The topological polar surface area (TPSA) is 186 Å². The molecule has 2 saturated heterocycles. The van der Waals surface area contributed by atoms with Crippen molar-refractivity contribution in [1.29, 1.82) is 0 Å². The molecule has 7 atom stereocenters. The van der Waals surface area contributed by atoms with Crippen molar-refractivity contribution in [1.82, 2.24) is 14.7 Å². The first-order valence-electron chi connectivity index (χ1n) is 25.7. The lowest BCUT2D eigenvalue weighted by Crippen LogP contribution is -2.53. The first-order chi connectivity index (χ1) is 32.8. The van der Waals surface area contributed by atoms with Crippen LogP contribution in [0.2, 0.25) is 0 Å². The molecule has 376 valence electrons. The van der Waals surface area contributed by atoms with Gasteiger partial charge in [0, 0.05) is 94.1 Å². The predicted octanol–water partition coefficient (Wildman–Crippen LogP) is 7.68. The summed E-state index contributed by atoms with van der Waals surface area (Å²) >= 11 is 0. The van der Waals surface area contributed by atoms with Gasteiger partial charge in [0.05, 0.1) is 28.7 Å². The van der Waals surface area contributed by atoms with Crippen LogP contribution in [-0.2, 0) is 14.3 Å². The van der Waals surface area contributed by atoms with Gasteiger partial charge in [-0.15, -0.1) is 0 Å². The summed E-state index contributed by atoms with van der Waals surface area (Å²) in [6.07, 6.45) is 15.2. The van der Waals surface area contributed by atoms with E-state index in [2.05, 4.69) is 35.9 Å². The predicted molar refractivity (Wildman–Crippen MR) is 265 cm³/mol. The van der Waals surface area contributed by atoms with Crippen molar-refractivity contribution < 1.29 is 43.9 Å². The van der Waals surface area contributed by atoms with Crippen LogP contribution in [0.25, 0.3) is 10.8 Å². The summed E-state index contributed by atoms with van der Waals surface area (Å²) in [5, 5.41) is 39.6. The Labute approximate surface area is 407 Å².